The Hall–Kier alpha value is -1.94. The van der Waals surface area contributed by atoms with Crippen molar-refractivity contribution in [3.8, 4) is 0 Å². The van der Waals surface area contributed by atoms with Gasteiger partial charge in [0, 0.05) is 25.7 Å². The molecule has 0 rings (SSSR count). The molecule has 0 aliphatic rings. The highest BCUT2D eigenvalue weighted by Crippen LogP contribution is 2.45. The highest BCUT2D eigenvalue weighted by Gasteiger charge is 2.30. The number of esters is 4. The highest BCUT2D eigenvalue weighted by molar-refractivity contribution is 7.47. The van der Waals surface area contributed by atoms with Crippen LogP contribution in [0.25, 0.3) is 0 Å². The van der Waals surface area contributed by atoms with Crippen LogP contribution in [0.2, 0.25) is 0 Å². The van der Waals surface area contributed by atoms with Gasteiger partial charge in [-0.1, -0.05) is 221 Å². The van der Waals surface area contributed by atoms with Gasteiger partial charge in [0.15, 0.2) is 12.2 Å². The van der Waals surface area contributed by atoms with Crippen LogP contribution in [0.3, 0.4) is 0 Å². The number of phosphoric ester groups is 2. The third kappa shape index (κ3) is 50.3. The van der Waals surface area contributed by atoms with E-state index in [4.69, 9.17) is 37.0 Å². The van der Waals surface area contributed by atoms with E-state index in [1.165, 1.54) is 77.0 Å². The van der Waals surface area contributed by atoms with Gasteiger partial charge in [-0.25, -0.2) is 9.13 Å². The molecule has 0 aliphatic carbocycles. The van der Waals surface area contributed by atoms with Crippen LogP contribution in [-0.2, 0) is 65.4 Å². The molecule has 0 aliphatic heterocycles. The van der Waals surface area contributed by atoms with E-state index >= 15 is 0 Å². The number of aliphatic hydroxyl groups is 1. The molecule has 0 amide bonds. The van der Waals surface area contributed by atoms with Crippen molar-refractivity contribution in [2.45, 2.75) is 291 Å². The largest absolute Gasteiger partial charge is 0.472 e. The Kier molecular flexibility index (Phi) is 48.8. The highest BCUT2D eigenvalue weighted by atomic mass is 31.2. The van der Waals surface area contributed by atoms with Gasteiger partial charge in [0.25, 0.3) is 0 Å². The van der Waals surface area contributed by atoms with Crippen LogP contribution in [0.4, 0.5) is 0 Å². The molecule has 0 bridgehead atoms. The number of aliphatic hydroxyl groups excluding tert-OH is 1. The molecule has 450 valence electrons. The fourth-order valence-corrected chi connectivity index (χ4v) is 9.84. The standard InChI is InChI=1S/C57H110O17P2/c1-7-10-12-14-16-17-18-20-28-34-40-55(60)68-46-53(74-57(62)42-36-30-24-22-26-32-38-50(6)9-3)48-72-76(65,66)70-44-51(58)43-69-75(63,64)71-47-52(45-67-54(59)39-33-27-19-15-13-11-8-2)73-56(61)41-35-29-23-21-25-31-37-49(4)5/h49-53,58H,7-48H2,1-6H3,(H,63,64)(H,65,66)/t50?,51-,52+,53+/m0/s1. The molecule has 0 spiro atoms. The second-order valence-corrected chi connectivity index (χ2v) is 24.3. The average Bonchev–Trinajstić information content (AvgIpc) is 3.38. The first-order chi connectivity index (χ1) is 36.4. The molecule has 0 radical (unpaired) electrons. The molecule has 3 N–H and O–H groups in total. The van der Waals surface area contributed by atoms with Gasteiger partial charge in [-0.2, -0.15) is 0 Å². The smallest absolute Gasteiger partial charge is 0.462 e. The number of unbranched alkanes of at least 4 members (excludes halogenated alkanes) is 25. The first-order valence-electron chi connectivity index (χ1n) is 30.0. The zero-order chi connectivity index (χ0) is 56.6. The number of carbonyl (C=O) groups is 4. The van der Waals surface area contributed by atoms with Crippen LogP contribution in [0.1, 0.15) is 273 Å². The Morgan fingerprint density at radius 2 is 0.671 bits per heavy atom. The van der Waals surface area contributed by atoms with Crippen LogP contribution in [0.5, 0.6) is 0 Å². The van der Waals surface area contributed by atoms with Gasteiger partial charge in [0.05, 0.1) is 26.4 Å². The quantitative estimate of drug-likeness (QED) is 0.0222. The maximum atomic E-state index is 12.9. The van der Waals surface area contributed by atoms with Crippen molar-refractivity contribution < 1.29 is 80.2 Å². The molecule has 0 aromatic rings. The van der Waals surface area contributed by atoms with Crippen molar-refractivity contribution in [1.29, 1.82) is 0 Å². The predicted octanol–water partition coefficient (Wildman–Crippen LogP) is 14.9. The predicted molar refractivity (Wildman–Crippen MR) is 298 cm³/mol. The number of hydrogen-bond acceptors (Lipinski definition) is 15. The molecule has 0 aromatic heterocycles. The second-order valence-electron chi connectivity index (χ2n) is 21.4. The van der Waals surface area contributed by atoms with Crippen LogP contribution in [0, 0.1) is 11.8 Å². The van der Waals surface area contributed by atoms with Crippen molar-refractivity contribution in [2.75, 3.05) is 39.6 Å². The maximum Gasteiger partial charge on any atom is 0.472 e. The Morgan fingerprint density at radius 3 is 1.00 bits per heavy atom. The third-order valence-electron chi connectivity index (χ3n) is 13.3. The van der Waals surface area contributed by atoms with Crippen LogP contribution >= 0.6 is 15.6 Å². The van der Waals surface area contributed by atoms with E-state index in [1.54, 1.807) is 0 Å². The second kappa shape index (κ2) is 50.1. The molecule has 0 aromatic carbocycles. The van der Waals surface area contributed by atoms with Gasteiger partial charge < -0.3 is 33.8 Å². The molecule has 0 heterocycles. The SMILES string of the molecule is CCCCCCCCCCCCC(=O)OC[C@H](COP(=O)(O)OC[C@@H](O)COP(=O)(O)OC[C@@H](COC(=O)CCCCCCCCC)OC(=O)CCCCCCCCC(C)C)OC(=O)CCCCCCCCC(C)CC. The van der Waals surface area contributed by atoms with Crippen molar-refractivity contribution >= 4 is 39.5 Å². The molecule has 6 atom stereocenters. The van der Waals surface area contributed by atoms with Crippen LogP contribution in [-0.4, -0.2) is 96.7 Å². The lowest BCUT2D eigenvalue weighted by atomic mass is 10.00. The number of hydrogen-bond donors (Lipinski definition) is 3. The molecular formula is C57H110O17P2. The summed E-state index contributed by atoms with van der Waals surface area (Å²) < 4.78 is 67.5. The van der Waals surface area contributed by atoms with E-state index in [0.29, 0.717) is 31.6 Å². The molecule has 0 fully saturated rings. The summed E-state index contributed by atoms with van der Waals surface area (Å²) in [6, 6.07) is 0. The normalized spacial score (nSPS) is 14.9. The summed E-state index contributed by atoms with van der Waals surface area (Å²) in [6.45, 7) is 9.24. The summed E-state index contributed by atoms with van der Waals surface area (Å²) in [4.78, 5) is 71.7. The molecule has 0 saturated carbocycles. The lowest BCUT2D eigenvalue weighted by molar-refractivity contribution is -0.161. The molecule has 19 heteroatoms. The van der Waals surface area contributed by atoms with Crippen molar-refractivity contribution in [3.05, 3.63) is 0 Å². The van der Waals surface area contributed by atoms with E-state index in [9.17, 15) is 43.2 Å². The molecule has 76 heavy (non-hydrogen) atoms. The lowest BCUT2D eigenvalue weighted by Crippen LogP contribution is -2.30. The van der Waals surface area contributed by atoms with Crippen LogP contribution in [0.15, 0.2) is 0 Å². The van der Waals surface area contributed by atoms with Gasteiger partial charge in [0.1, 0.15) is 19.3 Å². The number of carbonyl (C=O) groups excluding carboxylic acids is 4. The van der Waals surface area contributed by atoms with Gasteiger partial charge >= 0.3 is 39.5 Å². The van der Waals surface area contributed by atoms with Gasteiger partial charge in [-0.3, -0.25) is 37.3 Å². The topological polar surface area (TPSA) is 237 Å². The Bertz CT molecular complexity index is 1520. The fraction of sp³-hybridized carbons (Fsp3) is 0.930. The summed E-state index contributed by atoms with van der Waals surface area (Å²) >= 11 is 0. The van der Waals surface area contributed by atoms with Gasteiger partial charge in [-0.05, 0) is 37.5 Å². The zero-order valence-electron chi connectivity index (χ0n) is 48.5. The summed E-state index contributed by atoms with van der Waals surface area (Å²) in [7, 11) is -9.87. The summed E-state index contributed by atoms with van der Waals surface area (Å²) in [5, 5.41) is 10.5. The van der Waals surface area contributed by atoms with E-state index in [2.05, 4.69) is 41.5 Å². The van der Waals surface area contributed by atoms with E-state index in [0.717, 1.165) is 109 Å². The molecule has 3 unspecified atom stereocenters. The Labute approximate surface area is 460 Å². The zero-order valence-corrected chi connectivity index (χ0v) is 50.3. The minimum absolute atomic E-state index is 0.101. The van der Waals surface area contributed by atoms with Crippen molar-refractivity contribution in [3.63, 3.8) is 0 Å². The van der Waals surface area contributed by atoms with Crippen molar-refractivity contribution in [2.24, 2.45) is 11.8 Å². The first-order valence-corrected chi connectivity index (χ1v) is 33.0. The minimum atomic E-state index is -4.93. The Morgan fingerprint density at radius 1 is 0.382 bits per heavy atom. The third-order valence-corrected chi connectivity index (χ3v) is 15.2. The van der Waals surface area contributed by atoms with Gasteiger partial charge in [0.2, 0.25) is 0 Å². The summed E-state index contributed by atoms with van der Waals surface area (Å²) in [6.07, 6.45) is 29.7. The summed E-state index contributed by atoms with van der Waals surface area (Å²) in [5.74, 6) is -0.765. The Balaban J connectivity index is 5.22. The number of ether oxygens (including phenoxy) is 4. The van der Waals surface area contributed by atoms with Gasteiger partial charge in [-0.15, -0.1) is 0 Å². The molecule has 0 saturated heterocycles. The van der Waals surface area contributed by atoms with E-state index in [-0.39, 0.29) is 25.7 Å². The van der Waals surface area contributed by atoms with Crippen LogP contribution < -0.4 is 0 Å². The maximum absolute atomic E-state index is 12.9. The molecular weight excluding hydrogens is 1020 g/mol. The summed E-state index contributed by atoms with van der Waals surface area (Å²) in [5.41, 5.74) is 0. The molecule has 17 nitrogen and oxygen atoms in total. The minimum Gasteiger partial charge on any atom is -0.462 e. The fourth-order valence-electron chi connectivity index (χ4n) is 8.26. The number of rotatable bonds is 56. The van der Waals surface area contributed by atoms with E-state index < -0.39 is 97.5 Å². The van der Waals surface area contributed by atoms with E-state index in [1.807, 2.05) is 0 Å². The number of phosphoric acid groups is 2. The lowest BCUT2D eigenvalue weighted by Gasteiger charge is -2.21. The first kappa shape index (κ1) is 74.1. The average molecular weight is 1130 g/mol. The monoisotopic (exact) mass is 1130 g/mol. The van der Waals surface area contributed by atoms with Crippen molar-refractivity contribution in [1.82, 2.24) is 0 Å².